The first kappa shape index (κ1) is 27.2. The zero-order chi connectivity index (χ0) is 27.4. The predicted octanol–water partition coefficient (Wildman–Crippen LogP) is 3.01. The Labute approximate surface area is 227 Å². The van der Waals surface area contributed by atoms with Gasteiger partial charge in [-0.3, -0.25) is 9.36 Å². The Kier molecular flexibility index (Phi) is 8.33. The van der Waals surface area contributed by atoms with Gasteiger partial charge in [-0.25, -0.2) is 14.6 Å². The summed E-state index contributed by atoms with van der Waals surface area (Å²) in [6.45, 7) is 3.32. The summed E-state index contributed by atoms with van der Waals surface area (Å²) in [6.07, 6.45) is 1.66. The second kappa shape index (κ2) is 11.7. The average Bonchev–Trinajstić information content (AvgIpc) is 3.21. The van der Waals surface area contributed by atoms with E-state index in [4.69, 9.17) is 30.5 Å². The summed E-state index contributed by atoms with van der Waals surface area (Å²) in [6, 6.07) is 11.8. The van der Waals surface area contributed by atoms with Crippen molar-refractivity contribution in [3.8, 4) is 11.5 Å². The van der Waals surface area contributed by atoms with Crippen LogP contribution in [0, 0.1) is 0 Å². The predicted molar refractivity (Wildman–Crippen MR) is 142 cm³/mol. The van der Waals surface area contributed by atoms with Crippen molar-refractivity contribution in [2.24, 2.45) is 4.99 Å². The normalized spacial score (nSPS) is 15.0. The minimum Gasteiger partial charge on any atom is -0.493 e. The molecule has 0 saturated heterocycles. The zero-order valence-electron chi connectivity index (χ0n) is 21.1. The van der Waals surface area contributed by atoms with E-state index in [1.165, 1.54) is 30.1 Å². The second-order valence-corrected chi connectivity index (χ2v) is 9.53. The number of aromatic nitrogens is 1. The van der Waals surface area contributed by atoms with Crippen LogP contribution < -0.4 is 24.4 Å². The Morgan fingerprint density at radius 1 is 1.18 bits per heavy atom. The Bertz CT molecular complexity index is 1590. The first-order valence-corrected chi connectivity index (χ1v) is 12.8. The molecule has 0 amide bonds. The molecule has 11 heteroatoms. The molecule has 1 atom stereocenters. The van der Waals surface area contributed by atoms with Crippen molar-refractivity contribution < 1.29 is 28.5 Å². The molecule has 1 aromatic heterocycles. The van der Waals surface area contributed by atoms with Crippen LogP contribution in [-0.2, 0) is 19.1 Å². The number of esters is 2. The maximum atomic E-state index is 13.7. The van der Waals surface area contributed by atoms with Gasteiger partial charge in [-0.2, -0.15) is 0 Å². The number of rotatable bonds is 8. The van der Waals surface area contributed by atoms with Gasteiger partial charge in [-0.1, -0.05) is 53.3 Å². The highest BCUT2D eigenvalue weighted by atomic mass is 35.5. The number of nitrogens with zero attached hydrogens (tertiary/aromatic N) is 2. The third-order valence-corrected chi connectivity index (χ3v) is 7.00. The molecule has 0 saturated carbocycles. The molecule has 1 aliphatic rings. The van der Waals surface area contributed by atoms with Gasteiger partial charge in [0, 0.05) is 0 Å². The van der Waals surface area contributed by atoms with Gasteiger partial charge in [0.15, 0.2) is 22.9 Å². The Balaban J connectivity index is 1.81. The highest BCUT2D eigenvalue weighted by Gasteiger charge is 2.32. The van der Waals surface area contributed by atoms with Gasteiger partial charge >= 0.3 is 11.9 Å². The highest BCUT2D eigenvalue weighted by molar-refractivity contribution is 7.07. The number of carbonyl (C=O) groups excluding carboxylic acids is 2. The van der Waals surface area contributed by atoms with Crippen LogP contribution in [0.2, 0.25) is 5.02 Å². The molecule has 3 aromatic rings. The fraction of sp³-hybridized carbons (Fsp3) is 0.259. The number of hydrogen-bond acceptors (Lipinski definition) is 9. The number of fused-ring (bicyclic) bond motifs is 1. The summed E-state index contributed by atoms with van der Waals surface area (Å²) in [7, 11) is 2.74. The summed E-state index contributed by atoms with van der Waals surface area (Å²) < 4.78 is 22.7. The van der Waals surface area contributed by atoms with E-state index < -0.39 is 18.0 Å². The smallest absolute Gasteiger partial charge is 0.344 e. The maximum Gasteiger partial charge on any atom is 0.344 e. The molecular formula is C27H25ClN2O7S. The fourth-order valence-corrected chi connectivity index (χ4v) is 5.41. The van der Waals surface area contributed by atoms with E-state index in [2.05, 4.69) is 4.99 Å². The molecule has 0 aliphatic carbocycles. The molecular weight excluding hydrogens is 532 g/mol. The van der Waals surface area contributed by atoms with E-state index in [-0.39, 0.29) is 35.3 Å². The van der Waals surface area contributed by atoms with Gasteiger partial charge in [0.05, 0.1) is 47.7 Å². The molecule has 0 spiro atoms. The van der Waals surface area contributed by atoms with Crippen LogP contribution in [0.1, 0.15) is 31.0 Å². The Morgan fingerprint density at radius 2 is 1.92 bits per heavy atom. The first-order valence-electron chi connectivity index (χ1n) is 11.6. The van der Waals surface area contributed by atoms with Gasteiger partial charge in [0.1, 0.15) is 0 Å². The second-order valence-electron chi connectivity index (χ2n) is 8.11. The molecule has 0 N–H and O–H groups in total. The van der Waals surface area contributed by atoms with Crippen molar-refractivity contribution in [3.63, 3.8) is 0 Å². The quantitative estimate of drug-likeness (QED) is 0.393. The van der Waals surface area contributed by atoms with Crippen LogP contribution in [0.15, 0.2) is 63.5 Å². The van der Waals surface area contributed by atoms with Crippen molar-refractivity contribution >= 4 is 41.0 Å². The van der Waals surface area contributed by atoms with E-state index in [1.807, 2.05) is 30.3 Å². The van der Waals surface area contributed by atoms with E-state index in [0.29, 0.717) is 26.2 Å². The zero-order valence-corrected chi connectivity index (χ0v) is 22.7. The number of halogens is 1. The molecule has 0 bridgehead atoms. The SMILES string of the molecule is CCOC(=O)COc1c(Cl)cc(C=c2sc3n(c2=O)C(c2ccccc2)C(C(=O)OC)=C(C)N=3)cc1OC. The number of benzene rings is 2. The molecule has 38 heavy (non-hydrogen) atoms. The molecule has 9 nitrogen and oxygen atoms in total. The number of thiazole rings is 1. The largest absolute Gasteiger partial charge is 0.493 e. The summed E-state index contributed by atoms with van der Waals surface area (Å²) >= 11 is 7.63. The summed E-state index contributed by atoms with van der Waals surface area (Å²) in [5.74, 6) is -0.621. The van der Waals surface area contributed by atoms with Crippen molar-refractivity contribution in [2.45, 2.75) is 19.9 Å². The lowest BCUT2D eigenvalue weighted by Gasteiger charge is -2.24. The molecule has 0 radical (unpaired) electrons. The van der Waals surface area contributed by atoms with E-state index in [0.717, 1.165) is 5.56 Å². The van der Waals surface area contributed by atoms with Crippen molar-refractivity contribution in [1.82, 2.24) is 4.57 Å². The number of methoxy groups -OCH3 is 2. The highest BCUT2D eigenvalue weighted by Crippen LogP contribution is 2.37. The van der Waals surface area contributed by atoms with Crippen molar-refractivity contribution in [3.05, 3.63) is 89.6 Å². The van der Waals surface area contributed by atoms with Crippen LogP contribution >= 0.6 is 22.9 Å². The topological polar surface area (TPSA) is 105 Å². The Hall–Kier alpha value is -3.89. The monoisotopic (exact) mass is 556 g/mol. The number of allylic oxidation sites excluding steroid dienone is 1. The molecule has 1 unspecified atom stereocenters. The molecule has 0 fully saturated rings. The minimum absolute atomic E-state index is 0.184. The van der Waals surface area contributed by atoms with Gasteiger partial charge in [-0.05, 0) is 43.2 Å². The molecule has 1 aliphatic heterocycles. The standard InChI is InChI=1S/C27H25ClN2O7S/c1-5-36-21(31)14-37-24-18(28)11-16(12-19(24)34-3)13-20-25(32)30-23(17-9-7-6-8-10-17)22(26(33)35-4)15(2)29-27(30)38-20/h6-13,23H,5,14H2,1-4H3. The fourth-order valence-electron chi connectivity index (χ4n) is 4.09. The molecule has 4 rings (SSSR count). The number of hydrogen-bond donors (Lipinski definition) is 0. The van der Waals surface area contributed by atoms with Crippen molar-refractivity contribution in [1.29, 1.82) is 0 Å². The third kappa shape index (κ3) is 5.36. The average molecular weight is 557 g/mol. The van der Waals surface area contributed by atoms with E-state index >= 15 is 0 Å². The van der Waals surface area contributed by atoms with Gasteiger partial charge in [0.25, 0.3) is 5.56 Å². The van der Waals surface area contributed by atoms with Crippen LogP contribution in [0.25, 0.3) is 6.08 Å². The molecule has 198 valence electrons. The summed E-state index contributed by atoms with van der Waals surface area (Å²) in [5, 5.41) is 0.193. The van der Waals surface area contributed by atoms with Crippen LogP contribution in [0.4, 0.5) is 0 Å². The third-order valence-electron chi connectivity index (χ3n) is 5.73. The van der Waals surface area contributed by atoms with Crippen LogP contribution in [-0.4, -0.2) is 43.9 Å². The molecule has 2 heterocycles. The van der Waals surface area contributed by atoms with Gasteiger partial charge in [0.2, 0.25) is 0 Å². The van der Waals surface area contributed by atoms with E-state index in [1.54, 1.807) is 32.1 Å². The lowest BCUT2D eigenvalue weighted by Crippen LogP contribution is -2.39. The number of carbonyl (C=O) groups is 2. The van der Waals surface area contributed by atoms with Crippen LogP contribution in [0.5, 0.6) is 11.5 Å². The van der Waals surface area contributed by atoms with Crippen molar-refractivity contribution in [2.75, 3.05) is 27.4 Å². The van der Waals surface area contributed by atoms with Gasteiger partial charge < -0.3 is 18.9 Å². The van der Waals surface area contributed by atoms with Crippen LogP contribution in [0.3, 0.4) is 0 Å². The Morgan fingerprint density at radius 3 is 2.58 bits per heavy atom. The van der Waals surface area contributed by atoms with E-state index in [9.17, 15) is 14.4 Å². The lowest BCUT2D eigenvalue weighted by atomic mass is 9.96. The first-order chi connectivity index (χ1) is 18.3. The summed E-state index contributed by atoms with van der Waals surface area (Å²) in [4.78, 5) is 43.1. The lowest BCUT2D eigenvalue weighted by molar-refractivity contribution is -0.145. The number of ether oxygens (including phenoxy) is 4. The summed E-state index contributed by atoms with van der Waals surface area (Å²) in [5.41, 5.74) is 1.77. The minimum atomic E-state index is -0.696. The maximum absolute atomic E-state index is 13.7. The molecule has 2 aromatic carbocycles. The van der Waals surface area contributed by atoms with Gasteiger partial charge in [-0.15, -0.1) is 0 Å².